The molecule has 0 aliphatic carbocycles. The van der Waals surface area contributed by atoms with Crippen LogP contribution in [0.1, 0.15) is 26.7 Å². The fourth-order valence-corrected chi connectivity index (χ4v) is 1.36. The molecule has 96 valence electrons. The highest BCUT2D eigenvalue weighted by molar-refractivity contribution is 6.04. The molecule has 4 nitrogen and oxygen atoms in total. The van der Waals surface area contributed by atoms with Gasteiger partial charge in [0.15, 0.2) is 0 Å². The summed E-state index contributed by atoms with van der Waals surface area (Å²) < 4.78 is 9.38. The number of hydrogen-bond donors (Lipinski definition) is 0. The van der Waals surface area contributed by atoms with Gasteiger partial charge in [-0.1, -0.05) is 38.2 Å². The molecule has 0 radical (unpaired) electrons. The summed E-state index contributed by atoms with van der Waals surface area (Å²) >= 11 is 0. The van der Waals surface area contributed by atoms with Crippen LogP contribution in [0, 0.1) is 5.41 Å². The summed E-state index contributed by atoms with van der Waals surface area (Å²) in [6.07, 6.45) is 7.97. The summed E-state index contributed by atoms with van der Waals surface area (Å²) in [6.45, 7) is 3.83. The Labute approximate surface area is 102 Å². The van der Waals surface area contributed by atoms with Crippen molar-refractivity contribution >= 4 is 11.9 Å². The average molecular weight is 240 g/mol. The SMILES string of the molecule is CC/C=C/C(/C=C/CC)(C(=O)OC)C(=O)OC. The third-order valence-corrected chi connectivity index (χ3v) is 2.28. The first kappa shape index (κ1) is 15.4. The topological polar surface area (TPSA) is 52.6 Å². The fourth-order valence-electron chi connectivity index (χ4n) is 1.36. The maximum absolute atomic E-state index is 11.8. The van der Waals surface area contributed by atoms with Crippen LogP contribution in [-0.2, 0) is 19.1 Å². The number of esters is 2. The van der Waals surface area contributed by atoms with Crippen LogP contribution >= 0.6 is 0 Å². The first-order valence-corrected chi connectivity index (χ1v) is 5.61. The molecule has 0 aromatic heterocycles. The number of allylic oxidation sites excluding steroid dienone is 2. The van der Waals surface area contributed by atoms with E-state index in [1.807, 2.05) is 13.8 Å². The van der Waals surface area contributed by atoms with E-state index in [-0.39, 0.29) is 0 Å². The van der Waals surface area contributed by atoms with Crippen molar-refractivity contribution in [1.29, 1.82) is 0 Å². The van der Waals surface area contributed by atoms with Gasteiger partial charge < -0.3 is 9.47 Å². The maximum atomic E-state index is 11.8. The summed E-state index contributed by atoms with van der Waals surface area (Å²) in [7, 11) is 2.50. The van der Waals surface area contributed by atoms with Gasteiger partial charge in [-0.25, -0.2) is 0 Å². The molecule has 0 spiro atoms. The lowest BCUT2D eigenvalue weighted by molar-refractivity contribution is -0.161. The lowest BCUT2D eigenvalue weighted by Gasteiger charge is -2.21. The average Bonchev–Trinajstić information content (AvgIpc) is 2.37. The Bertz CT molecular complexity index is 283. The highest BCUT2D eigenvalue weighted by atomic mass is 16.5. The van der Waals surface area contributed by atoms with Gasteiger partial charge in [-0.15, -0.1) is 0 Å². The minimum Gasteiger partial charge on any atom is -0.468 e. The molecule has 0 amide bonds. The number of carbonyl (C=O) groups excluding carboxylic acids is 2. The van der Waals surface area contributed by atoms with E-state index in [1.165, 1.54) is 26.4 Å². The molecule has 0 aromatic carbocycles. The molecule has 0 aliphatic heterocycles. The smallest absolute Gasteiger partial charge is 0.331 e. The Hall–Kier alpha value is -1.58. The molecule has 0 heterocycles. The molecule has 0 unspecified atom stereocenters. The number of methoxy groups -OCH3 is 2. The van der Waals surface area contributed by atoms with Gasteiger partial charge in [0.25, 0.3) is 0 Å². The third-order valence-electron chi connectivity index (χ3n) is 2.28. The van der Waals surface area contributed by atoms with E-state index in [1.54, 1.807) is 12.2 Å². The van der Waals surface area contributed by atoms with Gasteiger partial charge in [-0.2, -0.15) is 0 Å². The van der Waals surface area contributed by atoms with Crippen LogP contribution < -0.4 is 0 Å². The second-order valence-corrected chi connectivity index (χ2v) is 3.47. The molecular formula is C13H20O4. The lowest BCUT2D eigenvalue weighted by atomic mass is 9.86. The van der Waals surface area contributed by atoms with Gasteiger partial charge in [0.05, 0.1) is 14.2 Å². The number of rotatable bonds is 6. The van der Waals surface area contributed by atoms with Crippen molar-refractivity contribution in [2.75, 3.05) is 14.2 Å². The Morgan fingerprint density at radius 3 is 1.53 bits per heavy atom. The zero-order valence-electron chi connectivity index (χ0n) is 10.9. The fraction of sp³-hybridized carbons (Fsp3) is 0.538. The first-order chi connectivity index (χ1) is 8.08. The minimum atomic E-state index is -1.46. The standard InChI is InChI=1S/C13H20O4/c1-5-7-9-13(10-8-6-2,11(14)16-3)12(15)17-4/h7-10H,5-6H2,1-4H3/b9-7+,10-8+. The summed E-state index contributed by atoms with van der Waals surface area (Å²) in [5.74, 6) is -1.28. The molecule has 0 atom stereocenters. The molecule has 4 heteroatoms. The molecule has 0 aromatic rings. The highest BCUT2D eigenvalue weighted by Crippen LogP contribution is 2.26. The summed E-state index contributed by atoms with van der Waals surface area (Å²) in [4.78, 5) is 23.6. The number of carbonyl (C=O) groups is 2. The van der Waals surface area contributed by atoms with Gasteiger partial charge >= 0.3 is 11.9 Å². The van der Waals surface area contributed by atoms with Crippen molar-refractivity contribution in [2.45, 2.75) is 26.7 Å². The Kier molecular flexibility index (Phi) is 6.94. The quantitative estimate of drug-likeness (QED) is 0.406. The van der Waals surface area contributed by atoms with E-state index < -0.39 is 17.4 Å². The highest BCUT2D eigenvalue weighted by Gasteiger charge is 2.43. The van der Waals surface area contributed by atoms with Crippen molar-refractivity contribution in [1.82, 2.24) is 0 Å². The van der Waals surface area contributed by atoms with Gasteiger partial charge in [0.1, 0.15) is 0 Å². The van der Waals surface area contributed by atoms with E-state index in [0.29, 0.717) is 0 Å². The normalized spacial score (nSPS) is 12.0. The van der Waals surface area contributed by atoms with Gasteiger partial charge in [0.2, 0.25) is 5.41 Å². The molecule has 0 N–H and O–H groups in total. The second kappa shape index (κ2) is 7.65. The van der Waals surface area contributed by atoms with Gasteiger partial charge in [-0.05, 0) is 12.8 Å². The van der Waals surface area contributed by atoms with Crippen LogP contribution in [0.4, 0.5) is 0 Å². The zero-order chi connectivity index (χ0) is 13.3. The summed E-state index contributed by atoms with van der Waals surface area (Å²) in [5, 5.41) is 0. The van der Waals surface area contributed by atoms with E-state index >= 15 is 0 Å². The van der Waals surface area contributed by atoms with Gasteiger partial charge in [-0.3, -0.25) is 9.59 Å². The first-order valence-electron chi connectivity index (χ1n) is 5.61. The van der Waals surface area contributed by atoms with Crippen molar-refractivity contribution in [3.63, 3.8) is 0 Å². The predicted molar refractivity (Wildman–Crippen MR) is 65.3 cm³/mol. The van der Waals surface area contributed by atoms with Crippen molar-refractivity contribution in [3.05, 3.63) is 24.3 Å². The third kappa shape index (κ3) is 3.73. The molecule has 0 rings (SSSR count). The monoisotopic (exact) mass is 240 g/mol. The molecular weight excluding hydrogens is 220 g/mol. The number of ether oxygens (including phenoxy) is 2. The second-order valence-electron chi connectivity index (χ2n) is 3.47. The minimum absolute atomic E-state index is 0.640. The summed E-state index contributed by atoms with van der Waals surface area (Å²) in [5.41, 5.74) is -1.46. The van der Waals surface area contributed by atoms with Crippen LogP contribution in [0.3, 0.4) is 0 Å². The summed E-state index contributed by atoms with van der Waals surface area (Å²) in [6, 6.07) is 0. The lowest BCUT2D eigenvalue weighted by Crippen LogP contribution is -2.37. The van der Waals surface area contributed by atoms with Crippen LogP contribution in [0.2, 0.25) is 0 Å². The molecule has 0 fully saturated rings. The molecule has 17 heavy (non-hydrogen) atoms. The van der Waals surface area contributed by atoms with Crippen LogP contribution in [0.15, 0.2) is 24.3 Å². The van der Waals surface area contributed by atoms with E-state index in [4.69, 9.17) is 9.47 Å². The predicted octanol–water partition coefficient (Wildman–Crippen LogP) is 2.25. The number of hydrogen-bond acceptors (Lipinski definition) is 4. The van der Waals surface area contributed by atoms with Crippen LogP contribution in [-0.4, -0.2) is 26.2 Å². The van der Waals surface area contributed by atoms with Crippen molar-refractivity contribution in [2.24, 2.45) is 5.41 Å². The Morgan fingerprint density at radius 1 is 0.941 bits per heavy atom. The molecule has 0 bridgehead atoms. The molecule has 0 saturated carbocycles. The van der Waals surface area contributed by atoms with Crippen LogP contribution in [0.5, 0.6) is 0 Å². The van der Waals surface area contributed by atoms with Crippen LogP contribution in [0.25, 0.3) is 0 Å². The van der Waals surface area contributed by atoms with E-state index in [2.05, 4.69) is 0 Å². The van der Waals surface area contributed by atoms with Crippen molar-refractivity contribution in [3.8, 4) is 0 Å². The van der Waals surface area contributed by atoms with Crippen molar-refractivity contribution < 1.29 is 19.1 Å². The Balaban J connectivity index is 5.51. The molecule has 0 saturated heterocycles. The van der Waals surface area contributed by atoms with Gasteiger partial charge in [0, 0.05) is 0 Å². The zero-order valence-corrected chi connectivity index (χ0v) is 10.9. The maximum Gasteiger partial charge on any atom is 0.331 e. The molecule has 0 aliphatic rings. The largest absolute Gasteiger partial charge is 0.468 e. The Morgan fingerprint density at radius 2 is 1.29 bits per heavy atom. The van der Waals surface area contributed by atoms with E-state index in [9.17, 15) is 9.59 Å². The van der Waals surface area contributed by atoms with E-state index in [0.717, 1.165) is 12.8 Å².